The Balaban J connectivity index is 1.73. The number of benzene rings is 2. The van der Waals surface area contributed by atoms with Crippen molar-refractivity contribution in [3.63, 3.8) is 0 Å². The van der Waals surface area contributed by atoms with Crippen LogP contribution in [0.5, 0.6) is 11.5 Å². The molecule has 0 saturated heterocycles. The maximum absolute atomic E-state index is 5.79. The minimum Gasteiger partial charge on any atom is -0.493 e. The monoisotopic (exact) mass is 381 g/mol. The molecule has 0 fully saturated rings. The molecule has 0 spiro atoms. The molecule has 0 radical (unpaired) electrons. The van der Waals surface area contributed by atoms with E-state index < -0.39 is 0 Å². The van der Waals surface area contributed by atoms with Gasteiger partial charge in [0.2, 0.25) is 5.13 Å². The highest BCUT2D eigenvalue weighted by atomic mass is 32.1. The van der Waals surface area contributed by atoms with Crippen LogP contribution < -0.4 is 14.9 Å². The number of aromatic nitrogens is 1. The number of hydrogen-bond donors (Lipinski definition) is 1. The fourth-order valence-corrected chi connectivity index (χ4v) is 3.38. The molecule has 0 aliphatic carbocycles. The number of anilines is 1. The Morgan fingerprint density at radius 2 is 1.89 bits per heavy atom. The molecule has 27 heavy (non-hydrogen) atoms. The van der Waals surface area contributed by atoms with Gasteiger partial charge in [0, 0.05) is 10.4 Å². The van der Waals surface area contributed by atoms with Crippen molar-refractivity contribution in [2.24, 2.45) is 5.10 Å². The van der Waals surface area contributed by atoms with Gasteiger partial charge in [0.25, 0.3) is 0 Å². The summed E-state index contributed by atoms with van der Waals surface area (Å²) in [5.41, 5.74) is 6.02. The van der Waals surface area contributed by atoms with Crippen LogP contribution in [0.4, 0.5) is 5.13 Å². The summed E-state index contributed by atoms with van der Waals surface area (Å²) in [6.07, 6.45) is 1.81. The van der Waals surface area contributed by atoms with Crippen LogP contribution in [-0.4, -0.2) is 24.4 Å². The normalized spacial score (nSPS) is 11.1. The Kier molecular flexibility index (Phi) is 6.08. The lowest BCUT2D eigenvalue weighted by atomic mass is 10.1. The first-order valence-corrected chi connectivity index (χ1v) is 9.55. The van der Waals surface area contributed by atoms with Crippen LogP contribution in [0.1, 0.15) is 24.3 Å². The molecule has 140 valence electrons. The molecule has 0 amide bonds. The summed E-state index contributed by atoms with van der Waals surface area (Å²) in [7, 11) is 1.63. The van der Waals surface area contributed by atoms with Crippen molar-refractivity contribution in [3.05, 3.63) is 59.0 Å². The van der Waals surface area contributed by atoms with Crippen molar-refractivity contribution in [3.8, 4) is 22.8 Å². The Morgan fingerprint density at radius 1 is 1.11 bits per heavy atom. The van der Waals surface area contributed by atoms with Gasteiger partial charge in [-0.25, -0.2) is 4.98 Å². The van der Waals surface area contributed by atoms with Gasteiger partial charge in [0.1, 0.15) is 0 Å². The Labute approximate surface area is 163 Å². The largest absolute Gasteiger partial charge is 0.493 e. The molecule has 1 heterocycles. The number of aryl methyl sites for hydroxylation is 1. The van der Waals surface area contributed by atoms with Crippen LogP contribution in [0.3, 0.4) is 0 Å². The third-order valence-electron chi connectivity index (χ3n) is 3.77. The molecule has 0 bridgehead atoms. The van der Waals surface area contributed by atoms with Gasteiger partial charge in [-0.3, -0.25) is 5.43 Å². The van der Waals surface area contributed by atoms with Gasteiger partial charge in [-0.2, -0.15) is 5.10 Å². The molecular weight excluding hydrogens is 358 g/mol. The maximum atomic E-state index is 5.79. The molecule has 1 aromatic heterocycles. The summed E-state index contributed by atoms with van der Waals surface area (Å²) in [6, 6.07) is 15.9. The first-order chi connectivity index (χ1) is 13.1. The number of methoxy groups -OCH3 is 1. The predicted octanol–water partition coefficient (Wildman–Crippen LogP) is 5.36. The fraction of sp³-hybridized carbons (Fsp3) is 0.238. The maximum Gasteiger partial charge on any atom is 0.204 e. The second-order valence-electron chi connectivity index (χ2n) is 6.24. The zero-order valence-electron chi connectivity index (χ0n) is 15.9. The zero-order chi connectivity index (χ0) is 19.2. The standard InChI is InChI=1S/C21H23N3O2S/c1-14(2)26-19-12-16(10-11-18(19)25-4)13-22-24-21-23-20(15(3)27-21)17-8-6-5-7-9-17/h5-14H,1-4H3,(H,23,24)/b22-13-. The third-order valence-corrected chi connectivity index (χ3v) is 4.64. The molecule has 2 aromatic carbocycles. The molecule has 1 N–H and O–H groups in total. The summed E-state index contributed by atoms with van der Waals surface area (Å²) < 4.78 is 11.1. The molecular formula is C21H23N3O2S. The van der Waals surface area contributed by atoms with Gasteiger partial charge in [-0.05, 0) is 44.5 Å². The predicted molar refractivity (Wildman–Crippen MR) is 112 cm³/mol. The first kappa shape index (κ1) is 18.9. The van der Waals surface area contributed by atoms with Gasteiger partial charge >= 0.3 is 0 Å². The molecule has 0 saturated carbocycles. The minimum atomic E-state index is 0.0684. The number of hydrazone groups is 1. The number of nitrogens with zero attached hydrogens (tertiary/aromatic N) is 2. The van der Waals surface area contributed by atoms with Crippen molar-refractivity contribution in [1.29, 1.82) is 0 Å². The summed E-state index contributed by atoms with van der Waals surface area (Å²) in [6.45, 7) is 6.03. The number of ether oxygens (including phenoxy) is 2. The van der Waals surface area contributed by atoms with Crippen molar-refractivity contribution in [2.45, 2.75) is 26.9 Å². The molecule has 3 aromatic rings. The van der Waals surface area contributed by atoms with E-state index in [1.165, 1.54) is 0 Å². The quantitative estimate of drug-likeness (QED) is 0.442. The zero-order valence-corrected chi connectivity index (χ0v) is 16.7. The van der Waals surface area contributed by atoms with Crippen LogP contribution in [0.25, 0.3) is 11.3 Å². The lowest BCUT2D eigenvalue weighted by Gasteiger charge is -2.13. The van der Waals surface area contributed by atoms with Crippen molar-refractivity contribution in [1.82, 2.24) is 4.98 Å². The third kappa shape index (κ3) is 4.86. The lowest BCUT2D eigenvalue weighted by Crippen LogP contribution is -2.07. The van der Waals surface area contributed by atoms with E-state index >= 15 is 0 Å². The van der Waals surface area contributed by atoms with Crippen LogP contribution in [-0.2, 0) is 0 Å². The number of nitrogens with one attached hydrogen (secondary N) is 1. The fourth-order valence-electron chi connectivity index (χ4n) is 2.59. The molecule has 0 aliphatic rings. The summed E-state index contributed by atoms with van der Waals surface area (Å²) in [5.74, 6) is 1.41. The molecule has 0 atom stereocenters. The van der Waals surface area contributed by atoms with E-state index in [4.69, 9.17) is 9.47 Å². The Bertz CT molecular complexity index is 920. The van der Waals surface area contributed by atoms with E-state index in [1.807, 2.05) is 50.2 Å². The van der Waals surface area contributed by atoms with Gasteiger partial charge < -0.3 is 9.47 Å². The number of rotatable bonds is 7. The topological polar surface area (TPSA) is 55.7 Å². The highest BCUT2D eigenvalue weighted by molar-refractivity contribution is 7.15. The highest BCUT2D eigenvalue weighted by Crippen LogP contribution is 2.30. The van der Waals surface area contributed by atoms with Gasteiger partial charge in [-0.15, -0.1) is 11.3 Å². The van der Waals surface area contributed by atoms with E-state index in [2.05, 4.69) is 34.6 Å². The van der Waals surface area contributed by atoms with Crippen molar-refractivity contribution < 1.29 is 9.47 Å². The van der Waals surface area contributed by atoms with Gasteiger partial charge in [0.05, 0.1) is 25.1 Å². The first-order valence-electron chi connectivity index (χ1n) is 8.73. The molecule has 5 nitrogen and oxygen atoms in total. The van der Waals surface area contributed by atoms with E-state index in [-0.39, 0.29) is 6.10 Å². The average Bonchev–Trinajstić information content (AvgIpc) is 3.03. The summed E-state index contributed by atoms with van der Waals surface area (Å²) in [4.78, 5) is 5.79. The SMILES string of the molecule is COc1ccc(/C=N\Nc2nc(-c3ccccc3)c(C)s2)cc1OC(C)C. The van der Waals surface area contributed by atoms with Crippen LogP contribution >= 0.6 is 11.3 Å². The van der Waals surface area contributed by atoms with E-state index in [0.717, 1.165) is 26.8 Å². The van der Waals surface area contributed by atoms with Gasteiger partial charge in [-0.1, -0.05) is 30.3 Å². The number of thiazole rings is 1. The van der Waals surface area contributed by atoms with E-state index in [0.29, 0.717) is 11.5 Å². The second-order valence-corrected chi connectivity index (χ2v) is 7.44. The smallest absolute Gasteiger partial charge is 0.204 e. The van der Waals surface area contributed by atoms with Crippen molar-refractivity contribution in [2.75, 3.05) is 12.5 Å². The lowest BCUT2D eigenvalue weighted by molar-refractivity contribution is 0.230. The van der Waals surface area contributed by atoms with E-state index in [9.17, 15) is 0 Å². The minimum absolute atomic E-state index is 0.0684. The molecule has 6 heteroatoms. The molecule has 0 unspecified atom stereocenters. The molecule has 3 rings (SSSR count). The second kappa shape index (κ2) is 8.68. The van der Waals surface area contributed by atoms with E-state index in [1.54, 1.807) is 24.7 Å². The summed E-state index contributed by atoms with van der Waals surface area (Å²) >= 11 is 1.58. The van der Waals surface area contributed by atoms with Crippen molar-refractivity contribution >= 4 is 22.7 Å². The Morgan fingerprint density at radius 3 is 2.59 bits per heavy atom. The molecule has 0 aliphatic heterocycles. The summed E-state index contributed by atoms with van der Waals surface area (Å²) in [5, 5.41) is 5.07. The Hall–Kier alpha value is -2.86. The van der Waals surface area contributed by atoms with Crippen LogP contribution in [0, 0.1) is 6.92 Å². The average molecular weight is 382 g/mol. The highest BCUT2D eigenvalue weighted by Gasteiger charge is 2.09. The van der Waals surface area contributed by atoms with Gasteiger partial charge in [0.15, 0.2) is 11.5 Å². The van der Waals surface area contributed by atoms with Crippen LogP contribution in [0.15, 0.2) is 53.6 Å². The van der Waals surface area contributed by atoms with Crippen LogP contribution in [0.2, 0.25) is 0 Å². The number of hydrogen-bond acceptors (Lipinski definition) is 6.